The van der Waals surface area contributed by atoms with Crippen molar-refractivity contribution < 1.29 is 17.9 Å². The fourth-order valence-corrected chi connectivity index (χ4v) is 5.73. The molecule has 4 rings (SSSR count). The van der Waals surface area contributed by atoms with Crippen molar-refractivity contribution in [2.75, 3.05) is 12.4 Å². The molecule has 0 radical (unpaired) electrons. The number of fused-ring (bicyclic) bond motifs is 1. The Morgan fingerprint density at radius 3 is 2.56 bits per heavy atom. The predicted octanol–water partition coefficient (Wildman–Crippen LogP) is 4.21. The summed E-state index contributed by atoms with van der Waals surface area (Å²) in [6.07, 6.45) is 1.68. The Labute approximate surface area is 192 Å². The number of benzene rings is 2. The predicted molar refractivity (Wildman–Crippen MR) is 122 cm³/mol. The van der Waals surface area contributed by atoms with Gasteiger partial charge in [-0.05, 0) is 43.0 Å². The summed E-state index contributed by atoms with van der Waals surface area (Å²) < 4.78 is 30.7. The fourth-order valence-electron chi connectivity index (χ4n) is 3.83. The van der Waals surface area contributed by atoms with E-state index >= 15 is 0 Å². The molecular weight excluding hydrogens is 448 g/mol. The molecule has 2 heterocycles. The average Bonchev–Trinajstić information content (AvgIpc) is 2.74. The first kappa shape index (κ1) is 22.4. The smallest absolute Gasteiger partial charge is 0.310 e. The summed E-state index contributed by atoms with van der Waals surface area (Å²) in [6, 6.07) is 14.7. The zero-order chi connectivity index (χ0) is 22.7. The molecule has 0 amide bonds. The Kier molecular flexibility index (Phi) is 6.58. The molecule has 0 bridgehead atoms. The normalized spacial score (nSPS) is 14.6. The minimum atomic E-state index is -3.44. The Hall–Kier alpha value is -2.77. The number of nitrogens with zero attached hydrogens (tertiary/aromatic N) is 2. The molecule has 8 heteroatoms. The Bertz CT molecular complexity index is 1260. The SMILES string of the molecule is CCOC(=O)Cc1ccc(Cc2nc(-c3cccc(Cl)c3)nc3c2S(=O)(=O)CCC3)cc1. The molecule has 1 aliphatic heterocycles. The minimum Gasteiger partial charge on any atom is -0.466 e. The van der Waals surface area contributed by atoms with Crippen LogP contribution in [0.3, 0.4) is 0 Å². The van der Waals surface area contributed by atoms with Crippen molar-refractivity contribution in [1.82, 2.24) is 9.97 Å². The van der Waals surface area contributed by atoms with Gasteiger partial charge in [-0.1, -0.05) is 48.0 Å². The molecule has 0 fully saturated rings. The molecule has 1 aliphatic rings. The van der Waals surface area contributed by atoms with E-state index in [9.17, 15) is 13.2 Å². The Balaban J connectivity index is 1.71. The van der Waals surface area contributed by atoms with Crippen LogP contribution in [-0.2, 0) is 38.6 Å². The van der Waals surface area contributed by atoms with Gasteiger partial charge in [0.1, 0.15) is 4.90 Å². The van der Waals surface area contributed by atoms with Crippen molar-refractivity contribution >= 4 is 27.4 Å². The highest BCUT2D eigenvalue weighted by Crippen LogP contribution is 2.31. The average molecular weight is 471 g/mol. The summed E-state index contributed by atoms with van der Waals surface area (Å²) >= 11 is 6.14. The number of carbonyl (C=O) groups excluding carboxylic acids is 1. The molecule has 1 aromatic heterocycles. The van der Waals surface area contributed by atoms with Crippen molar-refractivity contribution in [3.05, 3.63) is 76.1 Å². The van der Waals surface area contributed by atoms with E-state index in [0.29, 0.717) is 48.1 Å². The second-order valence-electron chi connectivity index (χ2n) is 7.68. The van der Waals surface area contributed by atoms with Crippen LogP contribution in [0.15, 0.2) is 53.4 Å². The van der Waals surface area contributed by atoms with Crippen molar-refractivity contribution in [2.24, 2.45) is 0 Å². The van der Waals surface area contributed by atoms with E-state index in [1.165, 1.54) is 0 Å². The van der Waals surface area contributed by atoms with Gasteiger partial charge in [0.15, 0.2) is 15.7 Å². The van der Waals surface area contributed by atoms with E-state index in [0.717, 1.165) is 16.7 Å². The number of sulfone groups is 1. The summed E-state index contributed by atoms with van der Waals surface area (Å²) in [4.78, 5) is 21.2. The third-order valence-electron chi connectivity index (χ3n) is 5.27. The van der Waals surface area contributed by atoms with Gasteiger partial charge in [0.25, 0.3) is 0 Å². The first-order valence-electron chi connectivity index (χ1n) is 10.5. The van der Waals surface area contributed by atoms with Gasteiger partial charge >= 0.3 is 5.97 Å². The molecule has 166 valence electrons. The molecule has 2 aromatic carbocycles. The molecular formula is C24H23ClN2O4S. The quantitative estimate of drug-likeness (QED) is 0.501. The highest BCUT2D eigenvalue weighted by atomic mass is 35.5. The van der Waals surface area contributed by atoms with Crippen LogP contribution in [0.5, 0.6) is 0 Å². The second kappa shape index (κ2) is 9.38. The van der Waals surface area contributed by atoms with Crippen LogP contribution in [0.2, 0.25) is 5.02 Å². The van der Waals surface area contributed by atoms with Gasteiger partial charge in [0.05, 0.1) is 30.2 Å². The van der Waals surface area contributed by atoms with Gasteiger partial charge in [-0.25, -0.2) is 18.4 Å². The zero-order valence-electron chi connectivity index (χ0n) is 17.7. The van der Waals surface area contributed by atoms with Crippen LogP contribution < -0.4 is 0 Å². The lowest BCUT2D eigenvalue weighted by Gasteiger charge is -2.19. The van der Waals surface area contributed by atoms with Crippen LogP contribution >= 0.6 is 11.6 Å². The largest absolute Gasteiger partial charge is 0.466 e. The molecule has 0 atom stereocenters. The highest BCUT2D eigenvalue weighted by Gasteiger charge is 2.30. The monoisotopic (exact) mass is 470 g/mol. The molecule has 0 unspecified atom stereocenters. The number of rotatable bonds is 6. The van der Waals surface area contributed by atoms with Gasteiger partial charge < -0.3 is 4.74 Å². The zero-order valence-corrected chi connectivity index (χ0v) is 19.2. The van der Waals surface area contributed by atoms with E-state index in [4.69, 9.17) is 16.3 Å². The first-order valence-corrected chi connectivity index (χ1v) is 12.5. The number of aryl methyl sites for hydroxylation is 1. The fraction of sp³-hybridized carbons (Fsp3) is 0.292. The summed E-state index contributed by atoms with van der Waals surface area (Å²) in [5.74, 6) is 0.297. The van der Waals surface area contributed by atoms with Crippen LogP contribution in [0.25, 0.3) is 11.4 Å². The molecule has 0 N–H and O–H groups in total. The van der Waals surface area contributed by atoms with Gasteiger partial charge in [0, 0.05) is 17.0 Å². The molecule has 6 nitrogen and oxygen atoms in total. The lowest BCUT2D eigenvalue weighted by atomic mass is 10.0. The van der Waals surface area contributed by atoms with Crippen LogP contribution in [0.1, 0.15) is 35.9 Å². The number of hydrogen-bond donors (Lipinski definition) is 0. The van der Waals surface area contributed by atoms with Crippen LogP contribution in [-0.4, -0.2) is 36.7 Å². The summed E-state index contributed by atoms with van der Waals surface area (Å²) in [7, 11) is -3.44. The molecule has 3 aromatic rings. The third-order valence-corrected chi connectivity index (χ3v) is 7.43. The lowest BCUT2D eigenvalue weighted by Crippen LogP contribution is -2.21. The minimum absolute atomic E-state index is 0.103. The van der Waals surface area contributed by atoms with E-state index in [1.807, 2.05) is 36.4 Å². The number of aromatic nitrogens is 2. The summed E-state index contributed by atoms with van der Waals surface area (Å²) in [6.45, 7) is 2.12. The van der Waals surface area contributed by atoms with E-state index < -0.39 is 9.84 Å². The lowest BCUT2D eigenvalue weighted by molar-refractivity contribution is -0.142. The molecule has 0 aliphatic carbocycles. The molecule has 0 saturated carbocycles. The maximum Gasteiger partial charge on any atom is 0.310 e. The number of carbonyl (C=O) groups is 1. The van der Waals surface area contributed by atoms with E-state index in [1.54, 1.807) is 19.1 Å². The van der Waals surface area contributed by atoms with Crippen molar-refractivity contribution in [3.63, 3.8) is 0 Å². The number of esters is 1. The second-order valence-corrected chi connectivity index (χ2v) is 10.2. The van der Waals surface area contributed by atoms with E-state index in [-0.39, 0.29) is 23.0 Å². The molecule has 32 heavy (non-hydrogen) atoms. The topological polar surface area (TPSA) is 86.2 Å². The standard InChI is InChI=1S/C24H23ClN2O4S/c1-2-31-22(28)14-17-10-8-16(9-11-17)13-21-23-20(7-4-12-32(23,29)30)26-24(27-21)18-5-3-6-19(25)15-18/h3,5-6,8-11,15H,2,4,7,12-14H2,1H3. The van der Waals surface area contributed by atoms with Gasteiger partial charge in [0.2, 0.25) is 0 Å². The van der Waals surface area contributed by atoms with E-state index in [2.05, 4.69) is 9.97 Å². The summed E-state index contributed by atoms with van der Waals surface area (Å²) in [5, 5.41) is 0.565. The summed E-state index contributed by atoms with van der Waals surface area (Å²) in [5.41, 5.74) is 3.53. The van der Waals surface area contributed by atoms with Crippen molar-refractivity contribution in [2.45, 2.75) is 37.5 Å². The third kappa shape index (κ3) is 5.00. The van der Waals surface area contributed by atoms with Crippen molar-refractivity contribution in [1.29, 1.82) is 0 Å². The molecule has 0 spiro atoms. The van der Waals surface area contributed by atoms with Crippen LogP contribution in [0, 0.1) is 0 Å². The number of hydrogen-bond acceptors (Lipinski definition) is 6. The van der Waals surface area contributed by atoms with Gasteiger partial charge in [-0.2, -0.15) is 0 Å². The maximum atomic E-state index is 12.9. The Morgan fingerprint density at radius 1 is 1.09 bits per heavy atom. The maximum absolute atomic E-state index is 12.9. The number of ether oxygens (including phenoxy) is 1. The van der Waals surface area contributed by atoms with Crippen molar-refractivity contribution in [3.8, 4) is 11.4 Å². The van der Waals surface area contributed by atoms with Gasteiger partial charge in [-0.3, -0.25) is 4.79 Å². The molecule has 0 saturated heterocycles. The first-order chi connectivity index (χ1) is 15.4. The number of halogens is 1. The highest BCUT2D eigenvalue weighted by molar-refractivity contribution is 7.91. The van der Waals surface area contributed by atoms with Crippen LogP contribution in [0.4, 0.5) is 0 Å². The Morgan fingerprint density at radius 2 is 1.84 bits per heavy atom. The van der Waals surface area contributed by atoms with Gasteiger partial charge in [-0.15, -0.1) is 0 Å².